The maximum absolute atomic E-state index is 14.4. The first kappa shape index (κ1) is 22.0. The number of nitrogens with zero attached hydrogens (tertiary/aromatic N) is 3. The Kier molecular flexibility index (Phi) is 5.73. The van der Waals surface area contributed by atoms with E-state index in [1.54, 1.807) is 13.8 Å². The number of aromatic nitrogens is 3. The summed E-state index contributed by atoms with van der Waals surface area (Å²) in [5.41, 5.74) is -0.113. The Hall–Kier alpha value is -2.18. The highest BCUT2D eigenvalue weighted by Gasteiger charge is 2.54. The summed E-state index contributed by atoms with van der Waals surface area (Å²) in [5, 5.41) is 17.3. The van der Waals surface area contributed by atoms with Crippen molar-refractivity contribution >= 4 is 17.6 Å². The van der Waals surface area contributed by atoms with E-state index < -0.39 is 53.8 Å². The number of fused-ring (bicyclic) bond motifs is 1. The zero-order valence-corrected chi connectivity index (χ0v) is 17.5. The van der Waals surface area contributed by atoms with Gasteiger partial charge in [-0.1, -0.05) is 16.8 Å². The van der Waals surface area contributed by atoms with Crippen molar-refractivity contribution in [2.45, 2.75) is 50.1 Å². The van der Waals surface area contributed by atoms with E-state index in [0.717, 1.165) is 12.1 Å². The van der Waals surface area contributed by atoms with E-state index in [1.165, 1.54) is 18.0 Å². The molecule has 31 heavy (non-hydrogen) atoms. The molecule has 1 aromatic carbocycles. The van der Waals surface area contributed by atoms with Crippen LogP contribution in [0.15, 0.2) is 18.3 Å². The minimum absolute atomic E-state index is 0.0316. The van der Waals surface area contributed by atoms with Gasteiger partial charge in [-0.3, -0.25) is 0 Å². The monoisotopic (exact) mass is 459 g/mol. The Morgan fingerprint density at radius 3 is 2.77 bits per heavy atom. The van der Waals surface area contributed by atoms with Crippen molar-refractivity contribution < 1.29 is 37.6 Å². The number of carboxylic acids is 1. The molecule has 2 aliphatic heterocycles. The lowest BCUT2D eigenvalue weighted by Crippen LogP contribution is -2.64. The summed E-state index contributed by atoms with van der Waals surface area (Å²) in [4.78, 5) is 11.8. The number of carboxylic acid groups (broad SMARTS) is 1. The number of halogens is 3. The normalized spacial score (nSPS) is 30.1. The molecule has 2 fully saturated rings. The Labute approximate surface area is 180 Å². The lowest BCUT2D eigenvalue weighted by atomic mass is 9.91. The Bertz CT molecular complexity index is 1000. The zero-order chi connectivity index (χ0) is 22.5. The fourth-order valence-electron chi connectivity index (χ4n) is 3.88. The van der Waals surface area contributed by atoms with Crippen LogP contribution in [0.2, 0.25) is 5.02 Å². The van der Waals surface area contributed by atoms with Crippen LogP contribution in [0.1, 0.15) is 19.9 Å². The van der Waals surface area contributed by atoms with Gasteiger partial charge >= 0.3 is 5.97 Å². The molecule has 3 heterocycles. The predicted molar refractivity (Wildman–Crippen MR) is 101 cm³/mol. The molecular weight excluding hydrogens is 440 g/mol. The van der Waals surface area contributed by atoms with Crippen LogP contribution in [0.3, 0.4) is 0 Å². The van der Waals surface area contributed by atoms with E-state index in [9.17, 15) is 18.7 Å². The molecule has 0 radical (unpaired) electrons. The molecule has 168 valence electrons. The largest absolute Gasteiger partial charge is 0.479 e. The third kappa shape index (κ3) is 4.03. The summed E-state index contributed by atoms with van der Waals surface area (Å²) in [5.74, 6) is -3.79. The van der Waals surface area contributed by atoms with Crippen molar-refractivity contribution in [1.29, 1.82) is 0 Å². The van der Waals surface area contributed by atoms with Crippen LogP contribution < -0.4 is 0 Å². The average Bonchev–Trinajstić information content (AvgIpc) is 3.17. The molecule has 0 amide bonds. The van der Waals surface area contributed by atoms with Crippen LogP contribution in [0.4, 0.5) is 8.78 Å². The van der Waals surface area contributed by atoms with Gasteiger partial charge in [0.15, 0.2) is 11.9 Å². The van der Waals surface area contributed by atoms with Gasteiger partial charge < -0.3 is 24.1 Å². The van der Waals surface area contributed by atoms with Crippen LogP contribution >= 0.6 is 11.6 Å². The van der Waals surface area contributed by atoms with Crippen molar-refractivity contribution in [3.63, 3.8) is 0 Å². The summed E-state index contributed by atoms with van der Waals surface area (Å²) < 4.78 is 52.3. The second kappa shape index (κ2) is 8.06. The van der Waals surface area contributed by atoms with E-state index in [-0.39, 0.29) is 22.9 Å². The van der Waals surface area contributed by atoms with Gasteiger partial charge in [0.25, 0.3) is 0 Å². The number of hydrogen-bond donors (Lipinski definition) is 1. The maximum Gasteiger partial charge on any atom is 0.335 e. The molecule has 2 aliphatic rings. The molecule has 12 heteroatoms. The number of carbonyl (C=O) groups is 1. The minimum atomic E-state index is -1.33. The van der Waals surface area contributed by atoms with Gasteiger partial charge in [0.05, 0.1) is 17.8 Å². The van der Waals surface area contributed by atoms with E-state index in [1.807, 2.05) is 0 Å². The average molecular weight is 460 g/mol. The number of rotatable bonds is 4. The standard InChI is InChI=1S/C19H20ClF2N3O6/c1-19(2)29-7-13-15(31-19)14(16(28-3)17(30-13)18(26)27)25-6-12(23-24-25)8-4-11(22)9(20)5-10(8)21/h4-6,13-17H,7H2,1-3H3,(H,26,27)/t13-,14+,15+,16-,17-/m1/s1. The van der Waals surface area contributed by atoms with E-state index >= 15 is 0 Å². The van der Waals surface area contributed by atoms with Crippen LogP contribution in [-0.2, 0) is 23.7 Å². The first-order valence-corrected chi connectivity index (χ1v) is 9.78. The van der Waals surface area contributed by atoms with Gasteiger partial charge in [-0.2, -0.15) is 0 Å². The molecule has 1 aromatic heterocycles. The Balaban J connectivity index is 1.76. The van der Waals surface area contributed by atoms with Crippen LogP contribution in [0, 0.1) is 11.6 Å². The van der Waals surface area contributed by atoms with Gasteiger partial charge in [0.1, 0.15) is 41.7 Å². The summed E-state index contributed by atoms with van der Waals surface area (Å²) in [6, 6.07) is 0.966. The van der Waals surface area contributed by atoms with E-state index in [4.69, 9.17) is 30.5 Å². The maximum atomic E-state index is 14.4. The third-order valence-electron chi connectivity index (χ3n) is 5.29. The molecule has 0 saturated carbocycles. The smallest absolute Gasteiger partial charge is 0.335 e. The van der Waals surface area contributed by atoms with Crippen LogP contribution in [0.25, 0.3) is 11.3 Å². The predicted octanol–water partition coefficient (Wildman–Crippen LogP) is 2.44. The summed E-state index contributed by atoms with van der Waals surface area (Å²) in [6.45, 7) is 3.51. The molecule has 0 bridgehead atoms. The number of ether oxygens (including phenoxy) is 4. The van der Waals surface area contributed by atoms with Crippen molar-refractivity contribution in [2.75, 3.05) is 13.7 Å². The van der Waals surface area contributed by atoms with Crippen molar-refractivity contribution in [2.24, 2.45) is 0 Å². The molecule has 9 nitrogen and oxygen atoms in total. The van der Waals surface area contributed by atoms with Crippen molar-refractivity contribution in [1.82, 2.24) is 15.0 Å². The van der Waals surface area contributed by atoms with E-state index in [2.05, 4.69) is 10.3 Å². The number of aliphatic carboxylic acids is 1. The minimum Gasteiger partial charge on any atom is -0.479 e. The topological polar surface area (TPSA) is 105 Å². The second-order valence-corrected chi connectivity index (χ2v) is 8.15. The van der Waals surface area contributed by atoms with Crippen LogP contribution in [0.5, 0.6) is 0 Å². The highest BCUT2D eigenvalue weighted by atomic mass is 35.5. The van der Waals surface area contributed by atoms with Gasteiger partial charge in [-0.05, 0) is 26.0 Å². The highest BCUT2D eigenvalue weighted by molar-refractivity contribution is 6.30. The van der Waals surface area contributed by atoms with Gasteiger partial charge in [0, 0.05) is 12.7 Å². The second-order valence-electron chi connectivity index (χ2n) is 7.75. The molecular formula is C19H20ClF2N3O6. The SMILES string of the molecule is CO[C@@H]1[C@@H](n2cc(-c3cc(F)c(Cl)cc3F)nn2)[C@H]2OC(C)(C)OC[C@H]2O[C@H]1C(=O)O. The van der Waals surface area contributed by atoms with Gasteiger partial charge in [-0.15, -0.1) is 5.10 Å². The molecule has 2 saturated heterocycles. The quantitative estimate of drug-likeness (QED) is 0.695. The zero-order valence-electron chi connectivity index (χ0n) is 16.8. The molecule has 2 aromatic rings. The molecule has 4 rings (SSSR count). The summed E-state index contributed by atoms with van der Waals surface area (Å²) in [7, 11) is 1.34. The van der Waals surface area contributed by atoms with Crippen molar-refractivity contribution in [3.8, 4) is 11.3 Å². The van der Waals surface area contributed by atoms with E-state index in [0.29, 0.717) is 0 Å². The fourth-order valence-corrected chi connectivity index (χ4v) is 4.03. The lowest BCUT2D eigenvalue weighted by molar-refractivity contribution is -0.347. The van der Waals surface area contributed by atoms with Gasteiger partial charge in [0.2, 0.25) is 0 Å². The first-order valence-electron chi connectivity index (χ1n) is 9.41. The first-order chi connectivity index (χ1) is 14.6. The Morgan fingerprint density at radius 2 is 2.10 bits per heavy atom. The summed E-state index contributed by atoms with van der Waals surface area (Å²) >= 11 is 5.62. The van der Waals surface area contributed by atoms with Crippen LogP contribution in [-0.4, -0.2) is 70.0 Å². The molecule has 5 atom stereocenters. The van der Waals surface area contributed by atoms with Gasteiger partial charge in [-0.25, -0.2) is 18.3 Å². The third-order valence-corrected chi connectivity index (χ3v) is 5.58. The Morgan fingerprint density at radius 1 is 1.35 bits per heavy atom. The molecule has 1 N–H and O–H groups in total. The fraction of sp³-hybridized carbons (Fsp3) is 0.526. The summed E-state index contributed by atoms with van der Waals surface area (Å²) in [6.07, 6.45) is -2.39. The molecule has 0 aliphatic carbocycles. The molecule has 0 spiro atoms. The number of methoxy groups -OCH3 is 1. The lowest BCUT2D eigenvalue weighted by Gasteiger charge is -2.50. The number of hydrogen-bond acceptors (Lipinski definition) is 7. The molecule has 0 unspecified atom stereocenters. The highest BCUT2D eigenvalue weighted by Crippen LogP contribution is 2.39. The van der Waals surface area contributed by atoms with Crippen molar-refractivity contribution in [3.05, 3.63) is 35.0 Å². The number of benzene rings is 1.